The van der Waals surface area contributed by atoms with Crippen molar-refractivity contribution in [2.75, 3.05) is 0 Å². The number of carbonyl (C=O) groups excluding carboxylic acids is 1. The van der Waals surface area contributed by atoms with Crippen LogP contribution in [0, 0.1) is 6.92 Å². The highest BCUT2D eigenvalue weighted by atomic mass is 79.9. The molecule has 3 rings (SSSR count). The number of hydrogen-bond donors (Lipinski definition) is 0. The molecule has 0 N–H and O–H groups in total. The Labute approximate surface area is 141 Å². The Morgan fingerprint density at radius 1 is 1.17 bits per heavy atom. The molecule has 0 radical (unpaired) electrons. The lowest BCUT2D eigenvalue weighted by molar-refractivity contribution is 0.0438. The van der Waals surface area contributed by atoms with Gasteiger partial charge in [0, 0.05) is 10.0 Å². The van der Waals surface area contributed by atoms with E-state index in [2.05, 4.69) is 26.1 Å². The fourth-order valence-corrected chi connectivity index (χ4v) is 2.27. The lowest BCUT2D eigenvalue weighted by atomic mass is 10.1. The van der Waals surface area contributed by atoms with E-state index < -0.39 is 5.97 Å². The summed E-state index contributed by atoms with van der Waals surface area (Å²) >= 11 is 3.37. The van der Waals surface area contributed by atoms with Crippen molar-refractivity contribution >= 4 is 21.9 Å². The maximum absolute atomic E-state index is 12.0. The van der Waals surface area contributed by atoms with Gasteiger partial charge in [0.05, 0.1) is 5.56 Å². The molecule has 0 aliphatic heterocycles. The van der Waals surface area contributed by atoms with Gasteiger partial charge in [-0.2, -0.15) is 0 Å². The van der Waals surface area contributed by atoms with Crippen LogP contribution in [0.15, 0.2) is 57.4 Å². The average Bonchev–Trinajstić information content (AvgIpc) is 3.02. The van der Waals surface area contributed by atoms with E-state index >= 15 is 0 Å². The number of aromatic nitrogens is 2. The highest BCUT2D eigenvalue weighted by Crippen LogP contribution is 2.20. The third-order valence-corrected chi connectivity index (χ3v) is 3.67. The molecule has 116 valence electrons. The average molecular weight is 373 g/mol. The number of rotatable bonds is 4. The van der Waals surface area contributed by atoms with E-state index in [4.69, 9.17) is 9.15 Å². The molecule has 5 nitrogen and oxygen atoms in total. The maximum Gasteiger partial charge on any atom is 0.338 e. The highest BCUT2D eigenvalue weighted by molar-refractivity contribution is 9.10. The van der Waals surface area contributed by atoms with Crippen LogP contribution in [-0.2, 0) is 11.3 Å². The van der Waals surface area contributed by atoms with E-state index in [0.717, 1.165) is 15.6 Å². The van der Waals surface area contributed by atoms with E-state index in [1.54, 1.807) is 12.1 Å². The molecule has 0 spiro atoms. The zero-order valence-electron chi connectivity index (χ0n) is 12.3. The molecular formula is C17H13BrN2O3. The van der Waals surface area contributed by atoms with Gasteiger partial charge in [-0.3, -0.25) is 0 Å². The Bertz CT molecular complexity index is 828. The van der Waals surface area contributed by atoms with Crippen LogP contribution in [0.25, 0.3) is 11.5 Å². The number of benzene rings is 2. The van der Waals surface area contributed by atoms with Gasteiger partial charge in [-0.25, -0.2) is 4.79 Å². The Morgan fingerprint density at radius 2 is 1.96 bits per heavy atom. The van der Waals surface area contributed by atoms with Crippen molar-refractivity contribution in [2.24, 2.45) is 0 Å². The number of carbonyl (C=O) groups is 1. The number of nitrogens with zero attached hydrogens (tertiary/aromatic N) is 2. The van der Waals surface area contributed by atoms with Crippen molar-refractivity contribution in [1.82, 2.24) is 10.2 Å². The zero-order valence-corrected chi connectivity index (χ0v) is 13.9. The third-order valence-electron chi connectivity index (χ3n) is 3.14. The largest absolute Gasteiger partial charge is 0.452 e. The minimum Gasteiger partial charge on any atom is -0.452 e. The molecular weight excluding hydrogens is 360 g/mol. The Hall–Kier alpha value is -2.47. The summed E-state index contributed by atoms with van der Waals surface area (Å²) in [5.74, 6) is 0.222. The summed E-state index contributed by atoms with van der Waals surface area (Å²) in [7, 11) is 0. The lowest BCUT2D eigenvalue weighted by Gasteiger charge is -2.02. The minimum atomic E-state index is -0.419. The lowest BCUT2D eigenvalue weighted by Crippen LogP contribution is -2.05. The van der Waals surface area contributed by atoms with Crippen molar-refractivity contribution in [3.05, 3.63) is 70.0 Å². The van der Waals surface area contributed by atoms with Crippen LogP contribution in [0.2, 0.25) is 0 Å². The molecule has 0 atom stereocenters. The van der Waals surface area contributed by atoms with E-state index in [9.17, 15) is 4.79 Å². The Morgan fingerprint density at radius 3 is 2.70 bits per heavy atom. The van der Waals surface area contributed by atoms with Crippen LogP contribution in [0.4, 0.5) is 0 Å². The summed E-state index contributed by atoms with van der Waals surface area (Å²) in [6, 6.07) is 14.7. The van der Waals surface area contributed by atoms with Gasteiger partial charge in [0.1, 0.15) is 0 Å². The summed E-state index contributed by atoms with van der Waals surface area (Å²) in [4.78, 5) is 12.0. The summed E-state index contributed by atoms with van der Waals surface area (Å²) in [6.07, 6.45) is 0. The Kier molecular flexibility index (Phi) is 4.52. The molecule has 0 saturated heterocycles. The molecule has 0 bridgehead atoms. The summed E-state index contributed by atoms with van der Waals surface area (Å²) < 4.78 is 11.7. The number of esters is 1. The van der Waals surface area contributed by atoms with E-state index in [0.29, 0.717) is 11.5 Å². The normalized spacial score (nSPS) is 10.5. The van der Waals surface area contributed by atoms with E-state index in [1.807, 2.05) is 43.3 Å². The summed E-state index contributed by atoms with van der Waals surface area (Å²) in [5.41, 5.74) is 2.30. The molecule has 6 heteroatoms. The number of hydrogen-bond acceptors (Lipinski definition) is 5. The first-order valence-corrected chi connectivity index (χ1v) is 7.73. The first-order valence-electron chi connectivity index (χ1n) is 6.94. The van der Waals surface area contributed by atoms with Gasteiger partial charge in [0.25, 0.3) is 5.89 Å². The van der Waals surface area contributed by atoms with Crippen LogP contribution in [0.5, 0.6) is 0 Å². The molecule has 1 heterocycles. The quantitative estimate of drug-likeness (QED) is 0.643. The van der Waals surface area contributed by atoms with Crippen molar-refractivity contribution < 1.29 is 13.9 Å². The Balaban J connectivity index is 1.65. The second-order valence-electron chi connectivity index (χ2n) is 4.95. The van der Waals surface area contributed by atoms with Gasteiger partial charge < -0.3 is 9.15 Å². The van der Waals surface area contributed by atoms with Crippen molar-refractivity contribution in [3.63, 3.8) is 0 Å². The van der Waals surface area contributed by atoms with Gasteiger partial charge in [0.15, 0.2) is 6.61 Å². The number of halogens is 1. The summed E-state index contributed by atoms with van der Waals surface area (Å²) in [6.45, 7) is 1.86. The van der Waals surface area contributed by atoms with E-state index in [1.165, 1.54) is 0 Å². The van der Waals surface area contributed by atoms with Crippen LogP contribution >= 0.6 is 15.9 Å². The molecule has 2 aromatic carbocycles. The predicted octanol–water partition coefficient (Wildman–Crippen LogP) is 4.16. The van der Waals surface area contributed by atoms with Crippen LogP contribution in [0.1, 0.15) is 21.8 Å². The van der Waals surface area contributed by atoms with Gasteiger partial charge in [-0.05, 0) is 43.3 Å². The molecule has 1 aromatic heterocycles. The second kappa shape index (κ2) is 6.75. The monoisotopic (exact) mass is 372 g/mol. The van der Waals surface area contributed by atoms with Gasteiger partial charge in [-0.1, -0.05) is 33.6 Å². The molecule has 3 aromatic rings. The SMILES string of the molecule is Cc1cccc(C(=O)OCc2nnc(-c3ccc(Br)cc3)o2)c1. The van der Waals surface area contributed by atoms with Gasteiger partial charge in [0.2, 0.25) is 5.89 Å². The molecule has 23 heavy (non-hydrogen) atoms. The number of ether oxygens (including phenoxy) is 1. The van der Waals surface area contributed by atoms with Gasteiger partial charge in [-0.15, -0.1) is 10.2 Å². The molecule has 0 aliphatic rings. The second-order valence-corrected chi connectivity index (χ2v) is 5.87. The fourth-order valence-electron chi connectivity index (χ4n) is 2.00. The highest BCUT2D eigenvalue weighted by Gasteiger charge is 2.12. The predicted molar refractivity (Wildman–Crippen MR) is 87.7 cm³/mol. The van der Waals surface area contributed by atoms with Crippen LogP contribution in [0.3, 0.4) is 0 Å². The van der Waals surface area contributed by atoms with E-state index in [-0.39, 0.29) is 12.5 Å². The standard InChI is InChI=1S/C17H13BrN2O3/c1-11-3-2-4-13(9-11)17(21)22-10-15-19-20-16(23-15)12-5-7-14(18)8-6-12/h2-9H,10H2,1H3. The third kappa shape index (κ3) is 3.84. The molecule has 0 fully saturated rings. The minimum absolute atomic E-state index is 0.0592. The smallest absolute Gasteiger partial charge is 0.338 e. The van der Waals surface area contributed by atoms with Crippen molar-refractivity contribution in [2.45, 2.75) is 13.5 Å². The molecule has 0 amide bonds. The maximum atomic E-state index is 12.0. The zero-order chi connectivity index (χ0) is 16.2. The molecule has 0 saturated carbocycles. The fraction of sp³-hybridized carbons (Fsp3) is 0.118. The first kappa shape index (κ1) is 15.4. The topological polar surface area (TPSA) is 65.2 Å². The van der Waals surface area contributed by atoms with Gasteiger partial charge >= 0.3 is 5.97 Å². The van der Waals surface area contributed by atoms with Crippen molar-refractivity contribution in [1.29, 1.82) is 0 Å². The molecule has 0 unspecified atom stereocenters. The van der Waals surface area contributed by atoms with Crippen LogP contribution < -0.4 is 0 Å². The van der Waals surface area contributed by atoms with Crippen molar-refractivity contribution in [3.8, 4) is 11.5 Å². The van der Waals surface area contributed by atoms with Crippen LogP contribution in [-0.4, -0.2) is 16.2 Å². The molecule has 0 aliphatic carbocycles. The number of aryl methyl sites for hydroxylation is 1. The summed E-state index contributed by atoms with van der Waals surface area (Å²) in [5, 5.41) is 7.85. The first-order chi connectivity index (χ1) is 11.1.